The molecule has 1 nitrogen and oxygen atoms in total. The first-order valence-electron chi connectivity index (χ1n) is 5.01. The van der Waals surface area contributed by atoms with Gasteiger partial charge < -0.3 is 4.90 Å². The maximum Gasteiger partial charge on any atom is 0.0406 e. The molecule has 1 aromatic carbocycles. The van der Waals surface area contributed by atoms with E-state index in [0.717, 1.165) is 10.9 Å². The first-order chi connectivity index (χ1) is 7.24. The molecule has 0 bridgehead atoms. The Kier molecular flexibility index (Phi) is 3.73. The van der Waals surface area contributed by atoms with E-state index in [1.807, 2.05) is 24.3 Å². The van der Waals surface area contributed by atoms with Crippen molar-refractivity contribution >= 4 is 23.4 Å². The fraction of sp³-hybridized carbons (Fsp3) is 0.333. The molecule has 1 heterocycles. The fourth-order valence-corrected chi connectivity index (χ4v) is 2.49. The maximum absolute atomic E-state index is 5.81. The van der Waals surface area contributed by atoms with Crippen molar-refractivity contribution in [2.24, 2.45) is 5.92 Å². The standard InChI is InChI=1S/C12H14ClNS/c1-14-8-10(9-14)6-7-15-12-4-2-11(13)3-5-12/h2-7,10H,8-9H2,1H3/b7-6+. The third kappa shape index (κ3) is 3.26. The maximum atomic E-state index is 5.81. The number of halogens is 1. The molecule has 0 amide bonds. The molecule has 0 atom stereocenters. The van der Waals surface area contributed by atoms with Crippen LogP contribution in [0.4, 0.5) is 0 Å². The summed E-state index contributed by atoms with van der Waals surface area (Å²) < 4.78 is 0. The lowest BCUT2D eigenvalue weighted by Gasteiger charge is -2.33. The second-order valence-corrected chi connectivity index (χ2v) is 5.30. The van der Waals surface area contributed by atoms with E-state index in [1.54, 1.807) is 11.8 Å². The van der Waals surface area contributed by atoms with Crippen LogP contribution in [-0.4, -0.2) is 25.0 Å². The minimum absolute atomic E-state index is 0.745. The highest BCUT2D eigenvalue weighted by atomic mass is 35.5. The van der Waals surface area contributed by atoms with Gasteiger partial charge in [-0.05, 0) is 36.7 Å². The second kappa shape index (κ2) is 5.06. The van der Waals surface area contributed by atoms with E-state index in [-0.39, 0.29) is 0 Å². The molecule has 0 aromatic heterocycles. The molecule has 1 aromatic rings. The Morgan fingerprint density at radius 3 is 2.60 bits per heavy atom. The van der Waals surface area contributed by atoms with Gasteiger partial charge in [0.15, 0.2) is 0 Å². The third-order valence-corrected chi connectivity index (χ3v) is 3.55. The molecule has 1 aliphatic rings. The van der Waals surface area contributed by atoms with Crippen LogP contribution < -0.4 is 0 Å². The molecule has 0 saturated carbocycles. The highest BCUT2D eigenvalue weighted by molar-refractivity contribution is 8.02. The summed E-state index contributed by atoms with van der Waals surface area (Å²) in [6.07, 6.45) is 2.29. The SMILES string of the molecule is CN1CC(/C=C/Sc2ccc(Cl)cc2)C1. The number of thioether (sulfide) groups is 1. The largest absolute Gasteiger partial charge is 0.305 e. The van der Waals surface area contributed by atoms with Crippen molar-refractivity contribution < 1.29 is 0 Å². The van der Waals surface area contributed by atoms with Crippen LogP contribution in [0.15, 0.2) is 40.6 Å². The van der Waals surface area contributed by atoms with Crippen molar-refractivity contribution in [3.8, 4) is 0 Å². The van der Waals surface area contributed by atoms with E-state index in [9.17, 15) is 0 Å². The van der Waals surface area contributed by atoms with Gasteiger partial charge in [-0.1, -0.05) is 29.4 Å². The van der Waals surface area contributed by atoms with E-state index in [0.29, 0.717) is 0 Å². The molecule has 15 heavy (non-hydrogen) atoms. The molecule has 0 aliphatic carbocycles. The van der Waals surface area contributed by atoms with Crippen molar-refractivity contribution in [1.82, 2.24) is 4.90 Å². The molecule has 3 heteroatoms. The van der Waals surface area contributed by atoms with Crippen LogP contribution in [0, 0.1) is 5.92 Å². The number of hydrogen-bond acceptors (Lipinski definition) is 2. The Bertz CT molecular complexity index is 341. The lowest BCUT2D eigenvalue weighted by Crippen LogP contribution is -2.42. The van der Waals surface area contributed by atoms with Crippen molar-refractivity contribution in [3.05, 3.63) is 40.8 Å². The first-order valence-corrected chi connectivity index (χ1v) is 6.27. The molecule has 0 N–H and O–H groups in total. The summed E-state index contributed by atoms with van der Waals surface area (Å²) in [6.45, 7) is 2.38. The van der Waals surface area contributed by atoms with Crippen molar-refractivity contribution in [1.29, 1.82) is 0 Å². The minimum Gasteiger partial charge on any atom is -0.305 e. The van der Waals surface area contributed by atoms with E-state index in [2.05, 4.69) is 23.4 Å². The fourth-order valence-electron chi connectivity index (χ4n) is 1.61. The summed E-state index contributed by atoms with van der Waals surface area (Å²) >= 11 is 7.56. The lowest BCUT2D eigenvalue weighted by atomic mass is 10.0. The Labute approximate surface area is 100 Å². The predicted octanol–water partition coefficient (Wildman–Crippen LogP) is 3.51. The third-order valence-electron chi connectivity index (χ3n) is 2.46. The molecule has 0 spiro atoms. The zero-order chi connectivity index (χ0) is 10.7. The highest BCUT2D eigenvalue weighted by Gasteiger charge is 2.19. The summed E-state index contributed by atoms with van der Waals surface area (Å²) in [7, 11) is 2.15. The van der Waals surface area contributed by atoms with Crippen LogP contribution in [0.5, 0.6) is 0 Å². The highest BCUT2D eigenvalue weighted by Crippen LogP contribution is 2.23. The topological polar surface area (TPSA) is 3.24 Å². The van der Waals surface area contributed by atoms with Crippen molar-refractivity contribution in [3.63, 3.8) is 0 Å². The smallest absolute Gasteiger partial charge is 0.0406 e. The molecule has 1 fully saturated rings. The van der Waals surface area contributed by atoms with Gasteiger partial charge in [0.05, 0.1) is 0 Å². The average Bonchev–Trinajstić information content (AvgIpc) is 2.18. The molecular formula is C12H14ClNS. The molecule has 1 saturated heterocycles. The Balaban J connectivity index is 1.80. The minimum atomic E-state index is 0.745. The Hall–Kier alpha value is -0.440. The van der Waals surface area contributed by atoms with E-state index in [4.69, 9.17) is 11.6 Å². The first kappa shape index (κ1) is 11.1. The van der Waals surface area contributed by atoms with Gasteiger partial charge in [-0.2, -0.15) is 0 Å². The van der Waals surface area contributed by atoms with Gasteiger partial charge in [0.1, 0.15) is 0 Å². The average molecular weight is 240 g/mol. The normalized spacial score (nSPS) is 18.3. The monoisotopic (exact) mass is 239 g/mol. The lowest BCUT2D eigenvalue weighted by molar-refractivity contribution is 0.170. The van der Waals surface area contributed by atoms with Crippen LogP contribution in [0.25, 0.3) is 0 Å². The Morgan fingerprint density at radius 1 is 1.33 bits per heavy atom. The van der Waals surface area contributed by atoms with Crippen LogP contribution in [0.2, 0.25) is 5.02 Å². The second-order valence-electron chi connectivity index (χ2n) is 3.88. The number of rotatable bonds is 3. The van der Waals surface area contributed by atoms with Gasteiger partial charge in [-0.15, -0.1) is 0 Å². The quantitative estimate of drug-likeness (QED) is 0.743. The summed E-state index contributed by atoms with van der Waals surface area (Å²) in [4.78, 5) is 3.56. The summed E-state index contributed by atoms with van der Waals surface area (Å²) in [5, 5.41) is 2.98. The summed E-state index contributed by atoms with van der Waals surface area (Å²) in [6, 6.07) is 7.94. The molecule has 0 unspecified atom stereocenters. The van der Waals surface area contributed by atoms with Crippen LogP contribution in [0.1, 0.15) is 0 Å². The van der Waals surface area contributed by atoms with Crippen molar-refractivity contribution in [2.45, 2.75) is 4.90 Å². The molecule has 1 aliphatic heterocycles. The summed E-state index contributed by atoms with van der Waals surface area (Å²) in [5.41, 5.74) is 0. The number of nitrogens with zero attached hydrogens (tertiary/aromatic N) is 1. The van der Waals surface area contributed by atoms with E-state index in [1.165, 1.54) is 18.0 Å². The van der Waals surface area contributed by atoms with Gasteiger partial charge in [-0.25, -0.2) is 0 Å². The summed E-state index contributed by atoms with van der Waals surface area (Å²) in [5.74, 6) is 0.745. The van der Waals surface area contributed by atoms with Gasteiger partial charge >= 0.3 is 0 Å². The van der Waals surface area contributed by atoms with Crippen LogP contribution in [-0.2, 0) is 0 Å². The molecule has 0 radical (unpaired) electrons. The molecular weight excluding hydrogens is 226 g/mol. The molecule has 80 valence electrons. The zero-order valence-corrected chi connectivity index (χ0v) is 10.3. The zero-order valence-electron chi connectivity index (χ0n) is 8.69. The van der Waals surface area contributed by atoms with E-state index >= 15 is 0 Å². The van der Waals surface area contributed by atoms with Gasteiger partial charge in [0.25, 0.3) is 0 Å². The Morgan fingerprint density at radius 2 is 2.00 bits per heavy atom. The number of hydrogen-bond donors (Lipinski definition) is 0. The van der Waals surface area contributed by atoms with Crippen LogP contribution in [0.3, 0.4) is 0 Å². The van der Waals surface area contributed by atoms with Crippen LogP contribution >= 0.6 is 23.4 Å². The van der Waals surface area contributed by atoms with Gasteiger partial charge in [0, 0.05) is 28.9 Å². The number of likely N-dealkylation sites (tertiary alicyclic amines) is 1. The van der Waals surface area contributed by atoms with E-state index < -0.39 is 0 Å². The van der Waals surface area contributed by atoms with Gasteiger partial charge in [0.2, 0.25) is 0 Å². The molecule has 2 rings (SSSR count). The number of benzene rings is 1. The van der Waals surface area contributed by atoms with Crippen molar-refractivity contribution in [2.75, 3.05) is 20.1 Å². The van der Waals surface area contributed by atoms with Gasteiger partial charge in [-0.3, -0.25) is 0 Å². The predicted molar refractivity (Wildman–Crippen MR) is 67.4 cm³/mol.